The molecule has 0 unspecified atom stereocenters. The van der Waals surface area contributed by atoms with Crippen molar-refractivity contribution in [2.24, 2.45) is 0 Å². The molecule has 8 nitrogen and oxygen atoms in total. The van der Waals surface area contributed by atoms with Crippen molar-refractivity contribution >= 4 is 5.91 Å². The normalized spacial score (nSPS) is 18.2. The van der Waals surface area contributed by atoms with Gasteiger partial charge in [0.2, 0.25) is 0 Å². The first kappa shape index (κ1) is 17.1. The zero-order chi connectivity index (χ0) is 19.1. The smallest absolute Gasteiger partial charge is 0.276 e. The number of aromatic amines is 1. The fourth-order valence-electron chi connectivity index (χ4n) is 4.20. The Morgan fingerprint density at radius 3 is 2.68 bits per heavy atom. The largest absolute Gasteiger partial charge is 0.368 e. The molecule has 0 atom stereocenters. The van der Waals surface area contributed by atoms with Crippen LogP contribution in [-0.2, 0) is 16.8 Å². The third-order valence-electron chi connectivity index (χ3n) is 5.78. The van der Waals surface area contributed by atoms with Crippen LogP contribution in [0.1, 0.15) is 40.3 Å². The van der Waals surface area contributed by atoms with E-state index in [0.717, 1.165) is 30.6 Å². The Kier molecular flexibility index (Phi) is 4.01. The third-order valence-corrected chi connectivity index (χ3v) is 5.78. The Labute approximate surface area is 162 Å². The lowest BCUT2D eigenvalue weighted by Crippen LogP contribution is -2.48. The molecule has 1 fully saturated rings. The number of nitrogens with zero attached hydrogens (tertiary/aromatic N) is 5. The molecule has 8 heteroatoms. The van der Waals surface area contributed by atoms with Crippen molar-refractivity contribution in [1.82, 2.24) is 30.1 Å². The Morgan fingerprint density at radius 1 is 1.18 bits per heavy atom. The van der Waals surface area contributed by atoms with Crippen molar-refractivity contribution in [1.29, 1.82) is 0 Å². The average Bonchev–Trinajstić information content (AvgIpc) is 3.36. The van der Waals surface area contributed by atoms with Crippen molar-refractivity contribution in [2.75, 3.05) is 19.7 Å². The number of nitrogens with one attached hydrogen (secondary N) is 1. The van der Waals surface area contributed by atoms with Gasteiger partial charge < -0.3 is 9.64 Å². The molecule has 2 aliphatic rings. The van der Waals surface area contributed by atoms with E-state index >= 15 is 0 Å². The molecule has 0 saturated carbocycles. The van der Waals surface area contributed by atoms with Crippen LogP contribution in [0.15, 0.2) is 36.5 Å². The molecule has 28 heavy (non-hydrogen) atoms. The molecule has 1 aromatic carbocycles. The van der Waals surface area contributed by atoms with Crippen molar-refractivity contribution in [2.45, 2.75) is 31.8 Å². The summed E-state index contributed by atoms with van der Waals surface area (Å²) in [4.78, 5) is 14.6. The standard InChI is InChI=1S/C20H22N6O2/c1-14-17(22-24-21-14)19(27)25-10-8-20(9-11-25)18-15(7-12-28-20)13-26(23-18)16-5-3-2-4-6-16/h2-6,13H,7-12H2,1H3,(H,21,22,24). The minimum Gasteiger partial charge on any atom is -0.368 e. The van der Waals surface area contributed by atoms with Crippen molar-refractivity contribution < 1.29 is 9.53 Å². The molecule has 1 amide bonds. The molecule has 0 bridgehead atoms. The number of hydrogen-bond donors (Lipinski definition) is 1. The number of carbonyl (C=O) groups excluding carboxylic acids is 1. The van der Waals surface area contributed by atoms with Gasteiger partial charge in [-0.1, -0.05) is 18.2 Å². The maximum absolute atomic E-state index is 12.7. The molecule has 2 aliphatic heterocycles. The maximum Gasteiger partial charge on any atom is 0.276 e. The number of fused-ring (bicyclic) bond motifs is 2. The lowest BCUT2D eigenvalue weighted by atomic mass is 9.83. The lowest BCUT2D eigenvalue weighted by molar-refractivity contribution is -0.0963. The molecule has 3 aromatic rings. The first-order chi connectivity index (χ1) is 13.7. The van der Waals surface area contributed by atoms with E-state index in [-0.39, 0.29) is 5.91 Å². The summed E-state index contributed by atoms with van der Waals surface area (Å²) in [6.45, 7) is 3.70. The van der Waals surface area contributed by atoms with Gasteiger partial charge in [-0.05, 0) is 43.9 Å². The molecule has 0 radical (unpaired) electrons. The van der Waals surface area contributed by atoms with Crippen LogP contribution >= 0.6 is 0 Å². The van der Waals surface area contributed by atoms with Gasteiger partial charge in [0.05, 0.1) is 23.7 Å². The Balaban J connectivity index is 1.39. The lowest BCUT2D eigenvalue weighted by Gasteiger charge is -2.42. The van der Waals surface area contributed by atoms with Crippen LogP contribution in [0.5, 0.6) is 0 Å². The minimum absolute atomic E-state index is 0.0769. The number of H-pyrrole nitrogens is 1. The van der Waals surface area contributed by atoms with Gasteiger partial charge in [0.25, 0.3) is 5.91 Å². The van der Waals surface area contributed by atoms with Crippen molar-refractivity contribution in [3.63, 3.8) is 0 Å². The predicted octanol–water partition coefficient (Wildman–Crippen LogP) is 2.00. The molecule has 2 aromatic heterocycles. The molecule has 144 valence electrons. The van der Waals surface area contributed by atoms with Gasteiger partial charge in [-0.25, -0.2) is 4.68 Å². The zero-order valence-electron chi connectivity index (χ0n) is 15.8. The number of aryl methyl sites for hydroxylation is 1. The second-order valence-corrected chi connectivity index (χ2v) is 7.43. The van der Waals surface area contributed by atoms with Crippen LogP contribution in [0, 0.1) is 6.92 Å². The summed E-state index contributed by atoms with van der Waals surface area (Å²) in [6.07, 6.45) is 4.44. The van der Waals surface area contributed by atoms with Crippen LogP contribution in [0.3, 0.4) is 0 Å². The van der Waals surface area contributed by atoms with Crippen molar-refractivity contribution in [3.05, 3.63) is 59.2 Å². The predicted molar refractivity (Wildman–Crippen MR) is 101 cm³/mol. The summed E-state index contributed by atoms with van der Waals surface area (Å²) >= 11 is 0. The number of benzene rings is 1. The Morgan fingerprint density at radius 2 is 1.96 bits per heavy atom. The maximum atomic E-state index is 12.7. The summed E-state index contributed by atoms with van der Waals surface area (Å²) in [7, 11) is 0. The molecule has 1 spiro atoms. The highest BCUT2D eigenvalue weighted by molar-refractivity contribution is 5.93. The molecule has 1 saturated heterocycles. The fourth-order valence-corrected chi connectivity index (χ4v) is 4.20. The number of likely N-dealkylation sites (tertiary alicyclic amines) is 1. The van der Waals surface area contributed by atoms with E-state index in [9.17, 15) is 4.79 Å². The summed E-state index contributed by atoms with van der Waals surface area (Å²) in [6, 6.07) is 10.1. The summed E-state index contributed by atoms with van der Waals surface area (Å²) in [5.74, 6) is -0.0769. The van der Waals surface area contributed by atoms with E-state index in [1.54, 1.807) is 6.92 Å². The van der Waals surface area contributed by atoms with E-state index in [1.165, 1.54) is 5.56 Å². The zero-order valence-corrected chi connectivity index (χ0v) is 15.8. The number of amides is 1. The Bertz CT molecular complexity index is 1000. The van der Waals surface area contributed by atoms with E-state index in [2.05, 4.69) is 21.6 Å². The highest BCUT2D eigenvalue weighted by atomic mass is 16.5. The highest BCUT2D eigenvalue weighted by Crippen LogP contribution is 2.41. The number of hydrogen-bond acceptors (Lipinski definition) is 5. The third kappa shape index (κ3) is 2.72. The second kappa shape index (κ2) is 6.56. The molecule has 5 rings (SSSR count). The molecule has 0 aliphatic carbocycles. The number of carbonyl (C=O) groups is 1. The van der Waals surface area contributed by atoms with Crippen LogP contribution in [0.25, 0.3) is 5.69 Å². The summed E-state index contributed by atoms with van der Waals surface area (Å²) in [5.41, 5.74) is 3.91. The number of aromatic nitrogens is 5. The number of ether oxygens (including phenoxy) is 1. The van der Waals surface area contributed by atoms with Gasteiger partial charge in [-0.2, -0.15) is 20.5 Å². The van der Waals surface area contributed by atoms with Gasteiger partial charge in [-0.3, -0.25) is 4.79 Å². The second-order valence-electron chi connectivity index (χ2n) is 7.43. The molecular weight excluding hydrogens is 356 g/mol. The number of piperidine rings is 1. The van der Waals surface area contributed by atoms with Crippen LogP contribution in [-0.4, -0.2) is 55.7 Å². The van der Waals surface area contributed by atoms with Gasteiger partial charge in [0.1, 0.15) is 5.60 Å². The minimum atomic E-state index is -0.413. The van der Waals surface area contributed by atoms with E-state index in [4.69, 9.17) is 9.84 Å². The average molecular weight is 378 g/mol. The Hall–Kier alpha value is -3.00. The quantitative estimate of drug-likeness (QED) is 0.737. The van der Waals surface area contributed by atoms with Crippen LogP contribution < -0.4 is 0 Å². The SMILES string of the molecule is Cc1n[nH]nc1C(=O)N1CCC2(CC1)OCCc1cn(-c3ccccc3)nc12. The van der Waals surface area contributed by atoms with Gasteiger partial charge in [-0.15, -0.1) is 0 Å². The highest BCUT2D eigenvalue weighted by Gasteiger charge is 2.44. The number of rotatable bonds is 2. The number of para-hydroxylation sites is 1. The molecule has 1 N–H and O–H groups in total. The first-order valence-corrected chi connectivity index (χ1v) is 9.61. The summed E-state index contributed by atoms with van der Waals surface area (Å²) in [5, 5.41) is 15.4. The fraction of sp³-hybridized carbons (Fsp3) is 0.400. The summed E-state index contributed by atoms with van der Waals surface area (Å²) < 4.78 is 8.22. The van der Waals surface area contributed by atoms with Crippen LogP contribution in [0.4, 0.5) is 0 Å². The van der Waals surface area contributed by atoms with Gasteiger partial charge in [0.15, 0.2) is 5.69 Å². The van der Waals surface area contributed by atoms with E-state index < -0.39 is 5.60 Å². The van der Waals surface area contributed by atoms with Gasteiger partial charge >= 0.3 is 0 Å². The van der Waals surface area contributed by atoms with E-state index in [1.807, 2.05) is 39.9 Å². The molecule has 4 heterocycles. The van der Waals surface area contributed by atoms with Crippen molar-refractivity contribution in [3.8, 4) is 5.69 Å². The van der Waals surface area contributed by atoms with Gasteiger partial charge in [0, 0.05) is 19.3 Å². The molecular formula is C20H22N6O2. The monoisotopic (exact) mass is 378 g/mol. The van der Waals surface area contributed by atoms with E-state index in [0.29, 0.717) is 31.1 Å². The first-order valence-electron chi connectivity index (χ1n) is 9.61. The topological polar surface area (TPSA) is 88.9 Å². The van der Waals surface area contributed by atoms with Crippen LogP contribution in [0.2, 0.25) is 0 Å².